The summed E-state index contributed by atoms with van der Waals surface area (Å²) < 4.78 is 0. The summed E-state index contributed by atoms with van der Waals surface area (Å²) in [6.07, 6.45) is 3.22. The van der Waals surface area contributed by atoms with Crippen molar-refractivity contribution in [2.45, 2.75) is 51.6 Å². The Labute approximate surface area is 95.8 Å². The zero-order chi connectivity index (χ0) is 12.1. The highest BCUT2D eigenvalue weighted by molar-refractivity contribution is 5.82. The molecule has 0 saturated carbocycles. The summed E-state index contributed by atoms with van der Waals surface area (Å²) in [7, 11) is 0. The van der Waals surface area contributed by atoms with Gasteiger partial charge >= 0.3 is 12.0 Å². The maximum Gasteiger partial charge on any atom is 0.326 e. The van der Waals surface area contributed by atoms with Gasteiger partial charge < -0.3 is 15.3 Å². The number of nitrogens with one attached hydrogen (secondary N) is 1. The van der Waals surface area contributed by atoms with Crippen LogP contribution in [-0.4, -0.2) is 40.6 Å². The molecular weight excluding hydrogens is 208 g/mol. The molecule has 1 aliphatic heterocycles. The topological polar surface area (TPSA) is 69.6 Å². The van der Waals surface area contributed by atoms with Crippen molar-refractivity contribution in [2.24, 2.45) is 0 Å². The standard InChI is InChI=1S/C11H20N2O3/c1-3-5-9(10(14)15)12-11(16)13-7-4-6-8(13)2/h8-9H,3-7H2,1-2H3,(H,12,16)(H,14,15). The fourth-order valence-corrected chi connectivity index (χ4v) is 2.01. The van der Waals surface area contributed by atoms with Crippen molar-refractivity contribution < 1.29 is 14.7 Å². The van der Waals surface area contributed by atoms with Crippen LogP contribution in [0.1, 0.15) is 39.5 Å². The average molecular weight is 228 g/mol. The van der Waals surface area contributed by atoms with Gasteiger partial charge in [0.2, 0.25) is 0 Å². The quantitative estimate of drug-likeness (QED) is 0.764. The summed E-state index contributed by atoms with van der Waals surface area (Å²) >= 11 is 0. The maximum atomic E-state index is 11.8. The largest absolute Gasteiger partial charge is 0.480 e. The van der Waals surface area contributed by atoms with Gasteiger partial charge in [0.25, 0.3) is 0 Å². The minimum atomic E-state index is -0.956. The summed E-state index contributed by atoms with van der Waals surface area (Å²) in [5.74, 6) is -0.956. The molecule has 0 spiro atoms. The minimum Gasteiger partial charge on any atom is -0.480 e. The Hall–Kier alpha value is -1.26. The number of nitrogens with zero attached hydrogens (tertiary/aromatic N) is 1. The molecule has 0 aromatic heterocycles. The highest BCUT2D eigenvalue weighted by atomic mass is 16.4. The van der Waals surface area contributed by atoms with Crippen LogP contribution in [0.2, 0.25) is 0 Å². The summed E-state index contributed by atoms with van der Waals surface area (Å²) in [6, 6.07) is -0.785. The lowest BCUT2D eigenvalue weighted by Gasteiger charge is -2.24. The van der Waals surface area contributed by atoms with E-state index in [-0.39, 0.29) is 12.1 Å². The molecular formula is C11H20N2O3. The van der Waals surface area contributed by atoms with Gasteiger partial charge in [-0.05, 0) is 26.2 Å². The van der Waals surface area contributed by atoms with Crippen LogP contribution in [0.4, 0.5) is 4.79 Å². The van der Waals surface area contributed by atoms with E-state index in [4.69, 9.17) is 5.11 Å². The number of carboxylic acid groups (broad SMARTS) is 1. The summed E-state index contributed by atoms with van der Waals surface area (Å²) in [4.78, 5) is 24.4. The molecule has 0 radical (unpaired) electrons. The van der Waals surface area contributed by atoms with Gasteiger partial charge in [-0.15, -0.1) is 0 Å². The van der Waals surface area contributed by atoms with Gasteiger partial charge in [-0.25, -0.2) is 9.59 Å². The normalized spacial score (nSPS) is 21.9. The molecule has 1 heterocycles. The first-order chi connectivity index (χ1) is 7.56. The van der Waals surface area contributed by atoms with E-state index in [1.807, 2.05) is 13.8 Å². The smallest absolute Gasteiger partial charge is 0.326 e. The number of urea groups is 1. The fourth-order valence-electron chi connectivity index (χ4n) is 2.01. The monoisotopic (exact) mass is 228 g/mol. The summed E-state index contributed by atoms with van der Waals surface area (Å²) in [5.41, 5.74) is 0. The molecule has 16 heavy (non-hydrogen) atoms. The van der Waals surface area contributed by atoms with E-state index in [9.17, 15) is 9.59 Å². The highest BCUT2D eigenvalue weighted by Gasteiger charge is 2.28. The lowest BCUT2D eigenvalue weighted by Crippen LogP contribution is -2.48. The Balaban J connectivity index is 2.50. The molecule has 0 aromatic rings. The molecule has 0 aromatic carbocycles. The van der Waals surface area contributed by atoms with Gasteiger partial charge in [-0.1, -0.05) is 13.3 Å². The fraction of sp³-hybridized carbons (Fsp3) is 0.818. The second-order valence-electron chi connectivity index (χ2n) is 4.31. The lowest BCUT2D eigenvalue weighted by atomic mass is 10.2. The van der Waals surface area contributed by atoms with Crippen LogP contribution in [0.3, 0.4) is 0 Å². The third kappa shape index (κ3) is 3.12. The van der Waals surface area contributed by atoms with E-state index < -0.39 is 12.0 Å². The van der Waals surface area contributed by atoms with Crippen LogP contribution < -0.4 is 5.32 Å². The van der Waals surface area contributed by atoms with E-state index in [1.165, 1.54) is 0 Å². The molecule has 2 atom stereocenters. The van der Waals surface area contributed by atoms with Gasteiger partial charge in [-0.2, -0.15) is 0 Å². The van der Waals surface area contributed by atoms with Crippen LogP contribution in [-0.2, 0) is 4.79 Å². The predicted octanol–water partition coefficient (Wildman–Crippen LogP) is 1.43. The van der Waals surface area contributed by atoms with Crippen LogP contribution in [0.25, 0.3) is 0 Å². The number of carbonyl (C=O) groups excluding carboxylic acids is 1. The molecule has 0 aliphatic carbocycles. The van der Waals surface area contributed by atoms with Gasteiger partial charge in [0.05, 0.1) is 0 Å². The van der Waals surface area contributed by atoms with E-state index in [0.29, 0.717) is 6.42 Å². The van der Waals surface area contributed by atoms with Crippen LogP contribution in [0, 0.1) is 0 Å². The van der Waals surface area contributed by atoms with Gasteiger partial charge in [0, 0.05) is 12.6 Å². The number of carbonyl (C=O) groups is 2. The first-order valence-corrected chi connectivity index (χ1v) is 5.86. The van der Waals surface area contributed by atoms with Crippen molar-refractivity contribution in [3.8, 4) is 0 Å². The molecule has 0 bridgehead atoms. The van der Waals surface area contributed by atoms with Crippen LogP contribution in [0.15, 0.2) is 0 Å². The molecule has 2 unspecified atom stereocenters. The van der Waals surface area contributed by atoms with Crippen molar-refractivity contribution >= 4 is 12.0 Å². The molecule has 92 valence electrons. The number of hydrogen-bond acceptors (Lipinski definition) is 2. The Morgan fingerprint density at radius 2 is 2.25 bits per heavy atom. The first kappa shape index (κ1) is 12.8. The van der Waals surface area contributed by atoms with Crippen molar-refractivity contribution in [1.29, 1.82) is 0 Å². The molecule has 1 aliphatic rings. The van der Waals surface area contributed by atoms with Crippen molar-refractivity contribution in [2.75, 3.05) is 6.54 Å². The van der Waals surface area contributed by atoms with E-state index in [2.05, 4.69) is 5.32 Å². The number of hydrogen-bond donors (Lipinski definition) is 2. The van der Waals surface area contributed by atoms with Gasteiger partial charge in [0.15, 0.2) is 0 Å². The maximum absolute atomic E-state index is 11.8. The first-order valence-electron chi connectivity index (χ1n) is 5.86. The van der Waals surface area contributed by atoms with E-state index >= 15 is 0 Å². The number of amides is 2. The van der Waals surface area contributed by atoms with Gasteiger partial charge in [0.1, 0.15) is 6.04 Å². The summed E-state index contributed by atoms with van der Waals surface area (Å²) in [5, 5.41) is 11.5. The molecule has 1 rings (SSSR count). The lowest BCUT2D eigenvalue weighted by molar-refractivity contribution is -0.139. The molecule has 5 heteroatoms. The predicted molar refractivity (Wildman–Crippen MR) is 60.3 cm³/mol. The highest BCUT2D eigenvalue weighted by Crippen LogP contribution is 2.16. The number of rotatable bonds is 4. The van der Waals surface area contributed by atoms with E-state index in [0.717, 1.165) is 25.8 Å². The zero-order valence-electron chi connectivity index (χ0n) is 9.90. The Morgan fingerprint density at radius 3 is 2.69 bits per heavy atom. The van der Waals surface area contributed by atoms with Crippen molar-refractivity contribution in [3.63, 3.8) is 0 Å². The third-order valence-electron chi connectivity index (χ3n) is 2.99. The Bertz CT molecular complexity index is 268. The summed E-state index contributed by atoms with van der Waals surface area (Å²) in [6.45, 7) is 4.62. The number of likely N-dealkylation sites (tertiary alicyclic amines) is 1. The number of carboxylic acids is 1. The molecule has 2 amide bonds. The molecule has 1 saturated heterocycles. The second-order valence-corrected chi connectivity index (χ2v) is 4.31. The molecule has 2 N–H and O–H groups in total. The molecule has 5 nitrogen and oxygen atoms in total. The zero-order valence-corrected chi connectivity index (χ0v) is 9.90. The Kier molecular flexibility index (Phi) is 4.58. The van der Waals surface area contributed by atoms with Crippen molar-refractivity contribution in [1.82, 2.24) is 10.2 Å². The number of aliphatic carboxylic acids is 1. The Morgan fingerprint density at radius 1 is 1.56 bits per heavy atom. The van der Waals surface area contributed by atoms with Crippen molar-refractivity contribution in [3.05, 3.63) is 0 Å². The average Bonchev–Trinajstić information content (AvgIpc) is 2.63. The van der Waals surface area contributed by atoms with Crippen LogP contribution >= 0.6 is 0 Å². The SMILES string of the molecule is CCCC(NC(=O)N1CCCC1C)C(=O)O. The van der Waals surface area contributed by atoms with Gasteiger partial charge in [-0.3, -0.25) is 0 Å². The van der Waals surface area contributed by atoms with Crippen LogP contribution in [0.5, 0.6) is 0 Å². The minimum absolute atomic E-state index is 0.219. The third-order valence-corrected chi connectivity index (χ3v) is 2.99. The second kappa shape index (κ2) is 5.72. The molecule has 1 fully saturated rings. The van der Waals surface area contributed by atoms with E-state index in [1.54, 1.807) is 4.90 Å².